The highest BCUT2D eigenvalue weighted by Crippen LogP contribution is 2.35. The van der Waals surface area contributed by atoms with Crippen LogP contribution in [-0.2, 0) is 19.7 Å². The average molecular weight is 195 g/mol. The lowest BCUT2D eigenvalue weighted by molar-refractivity contribution is -0.148. The van der Waals surface area contributed by atoms with Gasteiger partial charge in [0.05, 0.1) is 32.2 Å². The summed E-state index contributed by atoms with van der Waals surface area (Å²) in [7, 11) is 1.41. The fourth-order valence-electron chi connectivity index (χ4n) is 1.72. The molecule has 1 aromatic rings. The van der Waals surface area contributed by atoms with Crippen molar-refractivity contribution >= 4 is 5.97 Å². The van der Waals surface area contributed by atoms with Crippen molar-refractivity contribution in [1.29, 1.82) is 0 Å². The van der Waals surface area contributed by atoms with Crippen LogP contribution in [0.3, 0.4) is 0 Å². The quantitative estimate of drug-likeness (QED) is 0.727. The van der Waals surface area contributed by atoms with E-state index in [4.69, 9.17) is 4.74 Å². The molecule has 76 valence electrons. The fourth-order valence-corrected chi connectivity index (χ4v) is 1.72. The van der Waals surface area contributed by atoms with Crippen molar-refractivity contribution in [2.45, 2.75) is 11.8 Å². The number of nitrogens with one attached hydrogen (secondary N) is 1. The molecule has 14 heavy (non-hydrogen) atoms. The van der Waals surface area contributed by atoms with Crippen LogP contribution in [0.25, 0.3) is 0 Å². The van der Waals surface area contributed by atoms with Crippen LogP contribution in [0.1, 0.15) is 12.0 Å². The molecule has 1 aliphatic heterocycles. The van der Waals surface area contributed by atoms with Gasteiger partial charge in [-0.3, -0.25) is 4.79 Å². The summed E-state index contributed by atoms with van der Waals surface area (Å²) in [5.41, 5.74) is 0.960. The second kappa shape index (κ2) is 3.46. The molecule has 0 aromatic carbocycles. The molecule has 0 atom stereocenters. The normalized spacial score (nSPS) is 18.6. The number of rotatable bonds is 3. The number of H-pyrrole nitrogens is 1. The van der Waals surface area contributed by atoms with Gasteiger partial charge in [0.25, 0.3) is 0 Å². The van der Waals surface area contributed by atoms with E-state index >= 15 is 0 Å². The van der Waals surface area contributed by atoms with Crippen molar-refractivity contribution in [3.05, 3.63) is 24.0 Å². The molecule has 0 aliphatic carbocycles. The maximum Gasteiger partial charge on any atom is 0.306 e. The van der Waals surface area contributed by atoms with Crippen LogP contribution in [0.15, 0.2) is 18.5 Å². The number of ether oxygens (including phenoxy) is 2. The van der Waals surface area contributed by atoms with Gasteiger partial charge < -0.3 is 14.5 Å². The molecule has 0 amide bonds. The Balaban J connectivity index is 2.14. The summed E-state index contributed by atoms with van der Waals surface area (Å²) in [5.74, 6) is -0.186. The van der Waals surface area contributed by atoms with E-state index in [-0.39, 0.29) is 11.4 Å². The van der Waals surface area contributed by atoms with E-state index in [1.807, 2.05) is 18.5 Å². The molecule has 0 saturated carbocycles. The summed E-state index contributed by atoms with van der Waals surface area (Å²) in [5, 5.41) is 0. The minimum Gasteiger partial charge on any atom is -0.469 e. The summed E-state index contributed by atoms with van der Waals surface area (Å²) >= 11 is 0. The third-order valence-corrected chi connectivity index (χ3v) is 2.68. The smallest absolute Gasteiger partial charge is 0.306 e. The number of aromatic nitrogens is 1. The van der Waals surface area contributed by atoms with E-state index in [1.165, 1.54) is 7.11 Å². The van der Waals surface area contributed by atoms with Crippen molar-refractivity contribution in [3.8, 4) is 0 Å². The van der Waals surface area contributed by atoms with Crippen molar-refractivity contribution in [2.75, 3.05) is 20.3 Å². The highest BCUT2D eigenvalue weighted by Gasteiger charge is 2.42. The number of esters is 1. The second-order valence-corrected chi connectivity index (χ2v) is 3.63. The van der Waals surface area contributed by atoms with Crippen LogP contribution in [0.4, 0.5) is 0 Å². The van der Waals surface area contributed by atoms with Crippen molar-refractivity contribution in [1.82, 2.24) is 4.98 Å². The van der Waals surface area contributed by atoms with Crippen LogP contribution >= 0.6 is 0 Å². The molecule has 0 spiro atoms. The van der Waals surface area contributed by atoms with Gasteiger partial charge in [0.2, 0.25) is 0 Å². The zero-order valence-electron chi connectivity index (χ0n) is 8.08. The Morgan fingerprint density at radius 2 is 2.50 bits per heavy atom. The van der Waals surface area contributed by atoms with Gasteiger partial charge in [-0.2, -0.15) is 0 Å². The molecule has 1 aliphatic rings. The molecule has 1 fully saturated rings. The molecule has 1 saturated heterocycles. The molecular weight excluding hydrogens is 182 g/mol. The topological polar surface area (TPSA) is 51.3 Å². The van der Waals surface area contributed by atoms with E-state index in [2.05, 4.69) is 9.72 Å². The monoisotopic (exact) mass is 195 g/mol. The van der Waals surface area contributed by atoms with Gasteiger partial charge in [-0.15, -0.1) is 0 Å². The predicted molar refractivity (Wildman–Crippen MR) is 49.9 cm³/mol. The van der Waals surface area contributed by atoms with Gasteiger partial charge in [-0.25, -0.2) is 0 Å². The minimum absolute atomic E-state index is 0.160. The molecule has 0 unspecified atom stereocenters. The molecule has 0 bridgehead atoms. The number of carbonyl (C=O) groups is 1. The lowest BCUT2D eigenvalue weighted by atomic mass is 9.77. The summed E-state index contributed by atoms with van der Waals surface area (Å²) in [4.78, 5) is 14.2. The van der Waals surface area contributed by atoms with Gasteiger partial charge >= 0.3 is 5.97 Å². The number of carbonyl (C=O) groups excluding carboxylic acids is 1. The number of hydrogen-bond acceptors (Lipinski definition) is 3. The number of hydrogen-bond donors (Lipinski definition) is 1. The first-order valence-corrected chi connectivity index (χ1v) is 4.55. The lowest BCUT2D eigenvalue weighted by Crippen LogP contribution is -2.48. The SMILES string of the molecule is COC(=O)CC1(c2cc[nH]c2)COC1. The maximum absolute atomic E-state index is 11.2. The van der Waals surface area contributed by atoms with Crippen molar-refractivity contribution in [3.63, 3.8) is 0 Å². The minimum atomic E-state index is -0.186. The number of aromatic amines is 1. The van der Waals surface area contributed by atoms with Crippen LogP contribution < -0.4 is 0 Å². The second-order valence-electron chi connectivity index (χ2n) is 3.63. The van der Waals surface area contributed by atoms with Gasteiger partial charge in [-0.05, 0) is 11.6 Å². The summed E-state index contributed by atoms with van der Waals surface area (Å²) < 4.78 is 9.86. The van der Waals surface area contributed by atoms with Crippen LogP contribution in [-0.4, -0.2) is 31.3 Å². The maximum atomic E-state index is 11.2. The zero-order chi connectivity index (χ0) is 10.0. The zero-order valence-corrected chi connectivity index (χ0v) is 8.08. The van der Waals surface area contributed by atoms with E-state index in [0.29, 0.717) is 19.6 Å². The first-order chi connectivity index (χ1) is 6.77. The highest BCUT2D eigenvalue weighted by molar-refractivity contribution is 5.71. The predicted octanol–water partition coefficient (Wildman–Crippen LogP) is 0.846. The summed E-state index contributed by atoms with van der Waals surface area (Å²) in [6, 6.07) is 1.98. The largest absolute Gasteiger partial charge is 0.469 e. The van der Waals surface area contributed by atoms with Crippen LogP contribution in [0.5, 0.6) is 0 Å². The Kier molecular flexibility index (Phi) is 2.29. The molecular formula is C10H13NO3. The first kappa shape index (κ1) is 9.27. The van der Waals surface area contributed by atoms with Crippen LogP contribution in [0.2, 0.25) is 0 Å². The standard InChI is InChI=1S/C10H13NO3/c1-13-9(12)4-10(6-14-7-10)8-2-3-11-5-8/h2-3,5,11H,4,6-7H2,1H3. The van der Waals surface area contributed by atoms with E-state index < -0.39 is 0 Å². The molecule has 1 N–H and O–H groups in total. The van der Waals surface area contributed by atoms with Crippen molar-refractivity contribution < 1.29 is 14.3 Å². The molecule has 1 aromatic heterocycles. The third kappa shape index (κ3) is 1.42. The van der Waals surface area contributed by atoms with Gasteiger partial charge in [0.15, 0.2) is 0 Å². The Bertz CT molecular complexity index is 314. The molecule has 2 rings (SSSR count). The van der Waals surface area contributed by atoms with E-state index in [1.54, 1.807) is 0 Å². The summed E-state index contributed by atoms with van der Waals surface area (Å²) in [6.07, 6.45) is 4.15. The van der Waals surface area contributed by atoms with E-state index in [9.17, 15) is 4.79 Å². The third-order valence-electron chi connectivity index (χ3n) is 2.68. The van der Waals surface area contributed by atoms with Gasteiger partial charge in [0.1, 0.15) is 0 Å². The van der Waals surface area contributed by atoms with Crippen molar-refractivity contribution in [2.24, 2.45) is 0 Å². The lowest BCUT2D eigenvalue weighted by Gasteiger charge is -2.40. The van der Waals surface area contributed by atoms with E-state index in [0.717, 1.165) is 5.56 Å². The Morgan fingerprint density at radius 3 is 2.93 bits per heavy atom. The molecule has 4 nitrogen and oxygen atoms in total. The van der Waals surface area contributed by atoms with Gasteiger partial charge in [0, 0.05) is 12.4 Å². The first-order valence-electron chi connectivity index (χ1n) is 4.55. The van der Waals surface area contributed by atoms with Gasteiger partial charge in [-0.1, -0.05) is 0 Å². The average Bonchev–Trinajstić information content (AvgIpc) is 2.63. The van der Waals surface area contributed by atoms with Crippen LogP contribution in [0, 0.1) is 0 Å². The number of methoxy groups -OCH3 is 1. The molecule has 2 heterocycles. The highest BCUT2D eigenvalue weighted by atomic mass is 16.5. The Labute approximate surface area is 82.2 Å². The fraction of sp³-hybridized carbons (Fsp3) is 0.500. The molecule has 0 radical (unpaired) electrons. The summed E-state index contributed by atoms with van der Waals surface area (Å²) in [6.45, 7) is 1.19. The molecule has 4 heteroatoms. The Morgan fingerprint density at radius 1 is 1.71 bits per heavy atom. The Hall–Kier alpha value is -1.29.